The lowest BCUT2D eigenvalue weighted by Gasteiger charge is -2.30. The second-order valence-corrected chi connectivity index (χ2v) is 7.51. The summed E-state index contributed by atoms with van der Waals surface area (Å²) in [6.07, 6.45) is 5.87. The molecule has 1 aromatic rings. The second-order valence-electron chi connectivity index (χ2n) is 7.51. The first-order valence-electron chi connectivity index (χ1n) is 9.26. The largest absolute Gasteiger partial charge is 0.352 e. The monoisotopic (exact) mass is 342 g/mol. The lowest BCUT2D eigenvalue weighted by Crippen LogP contribution is -2.52. The van der Waals surface area contributed by atoms with Crippen LogP contribution in [0.15, 0.2) is 24.3 Å². The quantitative estimate of drug-likeness (QED) is 0.836. The number of hydrogen-bond donors (Lipinski definition) is 1. The fourth-order valence-corrected chi connectivity index (χ4v) is 3.81. The maximum atomic E-state index is 12.9. The summed E-state index contributed by atoms with van der Waals surface area (Å²) in [5.74, 6) is -0.711. The topological polar surface area (TPSA) is 66.5 Å². The Morgan fingerprint density at radius 2 is 1.64 bits per heavy atom. The summed E-state index contributed by atoms with van der Waals surface area (Å²) < 4.78 is 0. The molecule has 0 spiro atoms. The van der Waals surface area contributed by atoms with Gasteiger partial charge in [0.25, 0.3) is 11.8 Å². The maximum Gasteiger partial charge on any atom is 0.262 e. The van der Waals surface area contributed by atoms with Gasteiger partial charge < -0.3 is 5.32 Å². The van der Waals surface area contributed by atoms with Gasteiger partial charge in [0.15, 0.2) is 0 Å². The number of imide groups is 1. The Bertz CT molecular complexity index is 642. The first-order valence-corrected chi connectivity index (χ1v) is 9.26. The molecule has 5 nitrogen and oxygen atoms in total. The Labute approximate surface area is 148 Å². The lowest BCUT2D eigenvalue weighted by molar-refractivity contribution is -0.126. The normalized spacial score (nSPS) is 19.2. The molecule has 1 aliphatic heterocycles. The molecule has 1 fully saturated rings. The molecule has 0 bridgehead atoms. The molecule has 134 valence electrons. The van der Waals surface area contributed by atoms with Gasteiger partial charge in [-0.1, -0.05) is 45.2 Å². The summed E-state index contributed by atoms with van der Waals surface area (Å²) in [7, 11) is 0. The number of nitrogens with one attached hydrogen (secondary N) is 1. The van der Waals surface area contributed by atoms with Crippen LogP contribution in [-0.2, 0) is 4.79 Å². The predicted octanol–water partition coefficient (Wildman–Crippen LogP) is 3.15. The minimum atomic E-state index is -0.741. The van der Waals surface area contributed by atoms with Crippen LogP contribution < -0.4 is 5.32 Å². The van der Waals surface area contributed by atoms with Crippen molar-refractivity contribution in [1.29, 1.82) is 0 Å². The highest BCUT2D eigenvalue weighted by Gasteiger charge is 2.43. The van der Waals surface area contributed by atoms with Crippen molar-refractivity contribution in [1.82, 2.24) is 10.2 Å². The Morgan fingerprint density at radius 1 is 1.08 bits per heavy atom. The van der Waals surface area contributed by atoms with Crippen molar-refractivity contribution in [2.45, 2.75) is 64.5 Å². The second kappa shape index (κ2) is 7.38. The molecule has 3 amide bonds. The molecule has 0 aromatic heterocycles. The van der Waals surface area contributed by atoms with Crippen LogP contribution in [0.5, 0.6) is 0 Å². The molecule has 3 rings (SSSR count). The SMILES string of the molecule is CC(C)C[C@H](C(=O)NC1CCCCC1)N1C(=O)c2ccccc2C1=O. The third-order valence-corrected chi connectivity index (χ3v) is 5.09. The van der Waals surface area contributed by atoms with E-state index in [-0.39, 0.29) is 29.7 Å². The minimum Gasteiger partial charge on any atom is -0.352 e. The van der Waals surface area contributed by atoms with Gasteiger partial charge in [0, 0.05) is 6.04 Å². The van der Waals surface area contributed by atoms with Crippen molar-refractivity contribution in [3.63, 3.8) is 0 Å². The molecule has 1 aliphatic carbocycles. The van der Waals surface area contributed by atoms with Crippen molar-refractivity contribution in [3.05, 3.63) is 35.4 Å². The van der Waals surface area contributed by atoms with Gasteiger partial charge in [-0.15, -0.1) is 0 Å². The van der Waals surface area contributed by atoms with Gasteiger partial charge >= 0.3 is 0 Å². The van der Waals surface area contributed by atoms with E-state index in [1.54, 1.807) is 24.3 Å². The van der Waals surface area contributed by atoms with Crippen LogP contribution >= 0.6 is 0 Å². The van der Waals surface area contributed by atoms with Gasteiger partial charge in [-0.3, -0.25) is 19.3 Å². The van der Waals surface area contributed by atoms with Gasteiger partial charge in [-0.05, 0) is 37.3 Å². The van der Waals surface area contributed by atoms with Gasteiger partial charge in [-0.25, -0.2) is 0 Å². The van der Waals surface area contributed by atoms with Gasteiger partial charge in [-0.2, -0.15) is 0 Å². The highest BCUT2D eigenvalue weighted by molar-refractivity contribution is 6.22. The number of nitrogens with zero attached hydrogens (tertiary/aromatic N) is 1. The first kappa shape index (κ1) is 17.6. The first-order chi connectivity index (χ1) is 12.0. The number of carbonyl (C=O) groups excluding carboxylic acids is 3. The smallest absolute Gasteiger partial charge is 0.262 e. The van der Waals surface area contributed by atoms with Crippen molar-refractivity contribution < 1.29 is 14.4 Å². The van der Waals surface area contributed by atoms with Crippen molar-refractivity contribution in [2.24, 2.45) is 5.92 Å². The van der Waals surface area contributed by atoms with E-state index in [1.165, 1.54) is 11.3 Å². The molecule has 1 heterocycles. The molecule has 1 aromatic carbocycles. The van der Waals surface area contributed by atoms with E-state index in [1.807, 2.05) is 13.8 Å². The molecule has 0 unspecified atom stereocenters. The summed E-state index contributed by atoms with van der Waals surface area (Å²) in [5, 5.41) is 3.08. The van der Waals surface area contributed by atoms with Crippen LogP contribution in [0, 0.1) is 5.92 Å². The fraction of sp³-hybridized carbons (Fsp3) is 0.550. The van der Waals surface area contributed by atoms with Gasteiger partial charge in [0.2, 0.25) is 5.91 Å². The molecule has 5 heteroatoms. The molecule has 25 heavy (non-hydrogen) atoms. The molecule has 0 radical (unpaired) electrons. The van der Waals surface area contributed by atoms with E-state index in [0.717, 1.165) is 25.7 Å². The van der Waals surface area contributed by atoms with E-state index in [0.29, 0.717) is 17.5 Å². The minimum absolute atomic E-state index is 0.158. The molecular formula is C20H26N2O3. The average molecular weight is 342 g/mol. The number of carbonyl (C=O) groups is 3. The zero-order chi connectivity index (χ0) is 18.0. The van der Waals surface area contributed by atoms with Crippen molar-refractivity contribution >= 4 is 17.7 Å². The van der Waals surface area contributed by atoms with Crippen LogP contribution in [0.4, 0.5) is 0 Å². The maximum absolute atomic E-state index is 12.9. The molecule has 1 N–H and O–H groups in total. The third-order valence-electron chi connectivity index (χ3n) is 5.09. The summed E-state index contributed by atoms with van der Waals surface area (Å²) in [5.41, 5.74) is 0.790. The molecular weight excluding hydrogens is 316 g/mol. The number of fused-ring (bicyclic) bond motifs is 1. The summed E-state index contributed by atoms with van der Waals surface area (Å²) in [4.78, 5) is 39.6. The number of benzene rings is 1. The fourth-order valence-electron chi connectivity index (χ4n) is 3.81. The van der Waals surface area contributed by atoms with Gasteiger partial charge in [0.05, 0.1) is 11.1 Å². The number of rotatable bonds is 5. The van der Waals surface area contributed by atoms with E-state index in [4.69, 9.17) is 0 Å². The molecule has 1 saturated carbocycles. The summed E-state index contributed by atoms with van der Waals surface area (Å²) in [6.45, 7) is 4.00. The van der Waals surface area contributed by atoms with Crippen molar-refractivity contribution in [2.75, 3.05) is 0 Å². The Kier molecular flexibility index (Phi) is 5.21. The Hall–Kier alpha value is -2.17. The zero-order valence-electron chi connectivity index (χ0n) is 15.0. The van der Waals surface area contributed by atoms with Crippen LogP contribution in [-0.4, -0.2) is 34.7 Å². The molecule has 2 aliphatic rings. The molecule has 0 saturated heterocycles. The summed E-state index contributed by atoms with van der Waals surface area (Å²) in [6, 6.07) is 6.21. The summed E-state index contributed by atoms with van der Waals surface area (Å²) >= 11 is 0. The molecule has 1 atom stereocenters. The van der Waals surface area contributed by atoms with Crippen LogP contribution in [0.3, 0.4) is 0 Å². The predicted molar refractivity (Wildman–Crippen MR) is 95.2 cm³/mol. The van der Waals surface area contributed by atoms with Gasteiger partial charge in [0.1, 0.15) is 6.04 Å². The number of amides is 3. The van der Waals surface area contributed by atoms with Crippen molar-refractivity contribution in [3.8, 4) is 0 Å². The third kappa shape index (κ3) is 3.60. The van der Waals surface area contributed by atoms with E-state index in [9.17, 15) is 14.4 Å². The Balaban J connectivity index is 1.82. The van der Waals surface area contributed by atoms with E-state index in [2.05, 4.69) is 5.32 Å². The van der Waals surface area contributed by atoms with E-state index >= 15 is 0 Å². The zero-order valence-corrected chi connectivity index (χ0v) is 15.0. The highest BCUT2D eigenvalue weighted by atomic mass is 16.2. The van der Waals surface area contributed by atoms with Crippen LogP contribution in [0.1, 0.15) is 73.1 Å². The van der Waals surface area contributed by atoms with Crippen LogP contribution in [0.2, 0.25) is 0 Å². The lowest BCUT2D eigenvalue weighted by atomic mass is 9.94. The number of hydrogen-bond acceptors (Lipinski definition) is 3. The Morgan fingerprint density at radius 3 is 2.16 bits per heavy atom. The van der Waals surface area contributed by atoms with E-state index < -0.39 is 6.04 Å². The highest BCUT2D eigenvalue weighted by Crippen LogP contribution is 2.27. The standard InChI is InChI=1S/C20H26N2O3/c1-13(2)12-17(18(23)21-14-8-4-3-5-9-14)22-19(24)15-10-6-7-11-16(15)20(22)25/h6-7,10-11,13-14,17H,3-5,8-9,12H2,1-2H3,(H,21,23)/t17-/m1/s1. The van der Waals surface area contributed by atoms with Crippen LogP contribution in [0.25, 0.3) is 0 Å². The average Bonchev–Trinajstić information content (AvgIpc) is 2.85.